The van der Waals surface area contributed by atoms with E-state index in [0.29, 0.717) is 39.9 Å². The lowest BCUT2D eigenvalue weighted by molar-refractivity contribution is 0.0945. The zero-order chi connectivity index (χ0) is 22.1. The summed E-state index contributed by atoms with van der Waals surface area (Å²) in [7, 11) is 0. The number of nitrogens with two attached hydrogens (primary N) is 1. The Kier molecular flexibility index (Phi) is 5.93. The normalized spacial score (nSPS) is 11.1. The molecule has 31 heavy (non-hydrogen) atoms. The maximum absolute atomic E-state index is 12.7. The number of nitrogens with zero attached hydrogens (tertiary/aromatic N) is 3. The number of rotatable bonds is 5. The molecule has 3 heterocycles. The molecule has 0 bridgehead atoms. The number of nitrogens with one attached hydrogen (secondary N) is 2. The van der Waals surface area contributed by atoms with Crippen molar-refractivity contribution in [2.75, 3.05) is 5.73 Å². The van der Waals surface area contributed by atoms with Crippen LogP contribution in [0.4, 0.5) is 5.82 Å². The van der Waals surface area contributed by atoms with Gasteiger partial charge in [0.1, 0.15) is 16.2 Å². The molecule has 7 nitrogen and oxygen atoms in total. The maximum atomic E-state index is 12.7. The number of aromatic amines is 1. The highest BCUT2D eigenvalue weighted by Crippen LogP contribution is 2.21. The molecular weight excluding hydrogens is 480 g/mol. The number of pyridine rings is 2. The van der Waals surface area contributed by atoms with E-state index >= 15 is 0 Å². The van der Waals surface area contributed by atoms with Crippen LogP contribution in [0.15, 0.2) is 41.1 Å². The molecule has 0 fully saturated rings. The lowest BCUT2D eigenvalue weighted by atomic mass is 10.1. The second-order valence-corrected chi connectivity index (χ2v) is 8.54. The van der Waals surface area contributed by atoms with E-state index in [1.165, 1.54) is 0 Å². The van der Waals surface area contributed by atoms with E-state index in [1.54, 1.807) is 12.3 Å². The van der Waals surface area contributed by atoms with Gasteiger partial charge in [0.05, 0.1) is 10.5 Å². The average Bonchev–Trinajstić information content (AvgIpc) is 3.06. The van der Waals surface area contributed by atoms with E-state index in [9.17, 15) is 4.79 Å². The largest absolute Gasteiger partial charge is 0.384 e. The number of aromatic nitrogens is 4. The van der Waals surface area contributed by atoms with Gasteiger partial charge in [-0.25, -0.2) is 9.97 Å². The molecule has 0 radical (unpaired) electrons. The SMILES string of the molecule is Cc1cc(N)nc(C)c1CNC(=O)c1nc(Cc2ccc3ncc(Cl)cc3c2)[nH]c1Br. The Morgan fingerprint density at radius 3 is 2.81 bits per heavy atom. The molecule has 1 amide bonds. The molecule has 0 aliphatic carbocycles. The highest BCUT2D eigenvalue weighted by Gasteiger charge is 2.17. The van der Waals surface area contributed by atoms with E-state index in [-0.39, 0.29) is 5.91 Å². The molecule has 3 aromatic heterocycles. The fraction of sp³-hybridized carbons (Fsp3) is 0.182. The zero-order valence-electron chi connectivity index (χ0n) is 17.0. The van der Waals surface area contributed by atoms with Crippen LogP contribution in [0.3, 0.4) is 0 Å². The van der Waals surface area contributed by atoms with Crippen LogP contribution >= 0.6 is 27.5 Å². The topological polar surface area (TPSA) is 110 Å². The van der Waals surface area contributed by atoms with Crippen LogP contribution in [-0.4, -0.2) is 25.8 Å². The lowest BCUT2D eigenvalue weighted by Gasteiger charge is -2.11. The monoisotopic (exact) mass is 498 g/mol. The summed E-state index contributed by atoms with van der Waals surface area (Å²) in [5.74, 6) is 0.865. The Bertz CT molecular complexity index is 1280. The summed E-state index contributed by atoms with van der Waals surface area (Å²) in [4.78, 5) is 28.9. The molecule has 0 aliphatic heterocycles. The number of carbonyl (C=O) groups is 1. The molecule has 4 aromatic rings. The van der Waals surface area contributed by atoms with Gasteiger partial charge in [-0.3, -0.25) is 9.78 Å². The summed E-state index contributed by atoms with van der Waals surface area (Å²) < 4.78 is 0.536. The quantitative estimate of drug-likeness (QED) is 0.375. The van der Waals surface area contributed by atoms with Crippen LogP contribution in [-0.2, 0) is 13.0 Å². The Morgan fingerprint density at radius 2 is 2.03 bits per heavy atom. The Morgan fingerprint density at radius 1 is 1.23 bits per heavy atom. The van der Waals surface area contributed by atoms with E-state index < -0.39 is 0 Å². The van der Waals surface area contributed by atoms with Crippen LogP contribution in [0, 0.1) is 13.8 Å². The first-order valence-corrected chi connectivity index (χ1v) is 10.8. The van der Waals surface area contributed by atoms with Crippen molar-refractivity contribution in [2.24, 2.45) is 0 Å². The summed E-state index contributed by atoms with van der Waals surface area (Å²) in [6.45, 7) is 4.16. The van der Waals surface area contributed by atoms with Gasteiger partial charge in [-0.15, -0.1) is 0 Å². The number of nitrogen functional groups attached to an aromatic ring is 1. The molecular formula is C22H20BrClN6O. The van der Waals surface area contributed by atoms with Gasteiger partial charge in [-0.1, -0.05) is 17.7 Å². The first-order valence-electron chi connectivity index (χ1n) is 9.59. The van der Waals surface area contributed by atoms with Crippen molar-refractivity contribution in [3.05, 3.63) is 80.1 Å². The van der Waals surface area contributed by atoms with Gasteiger partial charge in [-0.2, -0.15) is 0 Å². The van der Waals surface area contributed by atoms with Crippen molar-refractivity contribution in [1.82, 2.24) is 25.3 Å². The second kappa shape index (κ2) is 8.64. The van der Waals surface area contributed by atoms with Gasteiger partial charge in [-0.05, 0) is 70.7 Å². The minimum Gasteiger partial charge on any atom is -0.384 e. The minimum absolute atomic E-state index is 0.278. The van der Waals surface area contributed by atoms with Crippen LogP contribution < -0.4 is 11.1 Å². The van der Waals surface area contributed by atoms with Gasteiger partial charge in [0, 0.05) is 30.2 Å². The maximum Gasteiger partial charge on any atom is 0.272 e. The van der Waals surface area contributed by atoms with E-state index in [1.807, 2.05) is 38.1 Å². The summed E-state index contributed by atoms with van der Waals surface area (Å²) in [6.07, 6.45) is 2.16. The summed E-state index contributed by atoms with van der Waals surface area (Å²) in [6, 6.07) is 9.62. The predicted molar refractivity (Wildman–Crippen MR) is 125 cm³/mol. The third-order valence-electron chi connectivity index (χ3n) is 5.01. The highest BCUT2D eigenvalue weighted by molar-refractivity contribution is 9.10. The number of halogens is 2. The lowest BCUT2D eigenvalue weighted by Crippen LogP contribution is -2.24. The predicted octanol–water partition coefficient (Wildman–Crippen LogP) is 4.49. The van der Waals surface area contributed by atoms with Crippen LogP contribution in [0.2, 0.25) is 5.02 Å². The number of fused-ring (bicyclic) bond motifs is 1. The second-order valence-electron chi connectivity index (χ2n) is 7.31. The molecule has 158 valence electrons. The Balaban J connectivity index is 1.49. The van der Waals surface area contributed by atoms with Crippen molar-refractivity contribution in [3.63, 3.8) is 0 Å². The van der Waals surface area contributed by atoms with Crippen LogP contribution in [0.5, 0.6) is 0 Å². The third-order valence-corrected chi connectivity index (χ3v) is 5.79. The van der Waals surface area contributed by atoms with Crippen molar-refractivity contribution in [3.8, 4) is 0 Å². The van der Waals surface area contributed by atoms with E-state index in [0.717, 1.165) is 33.3 Å². The first kappa shape index (κ1) is 21.3. The third kappa shape index (κ3) is 4.70. The van der Waals surface area contributed by atoms with Crippen molar-refractivity contribution in [1.29, 1.82) is 0 Å². The van der Waals surface area contributed by atoms with Crippen LogP contribution in [0.1, 0.15) is 38.7 Å². The van der Waals surface area contributed by atoms with Crippen LogP contribution in [0.25, 0.3) is 10.9 Å². The highest BCUT2D eigenvalue weighted by atomic mass is 79.9. The Hall–Kier alpha value is -2.97. The van der Waals surface area contributed by atoms with Crippen molar-refractivity contribution < 1.29 is 4.79 Å². The molecule has 9 heteroatoms. The Labute approximate surface area is 192 Å². The standard InChI is InChI=1S/C22H20BrClN6O/c1-11-5-18(25)28-12(2)16(11)10-27-22(31)20-21(23)30-19(29-20)7-13-3-4-17-14(6-13)8-15(24)9-26-17/h3-6,8-9H,7,10H2,1-2H3,(H2,25,28)(H,27,31)(H,29,30). The number of amides is 1. The minimum atomic E-state index is -0.278. The number of aryl methyl sites for hydroxylation is 2. The number of hydrogen-bond donors (Lipinski definition) is 3. The number of carbonyl (C=O) groups excluding carboxylic acids is 1. The molecule has 0 saturated heterocycles. The van der Waals surface area contributed by atoms with Gasteiger partial charge in [0.25, 0.3) is 5.91 Å². The molecule has 1 aromatic carbocycles. The number of benzene rings is 1. The van der Waals surface area contributed by atoms with E-state index in [4.69, 9.17) is 17.3 Å². The molecule has 0 atom stereocenters. The molecule has 4 N–H and O–H groups in total. The van der Waals surface area contributed by atoms with Gasteiger partial charge in [0.15, 0.2) is 5.69 Å². The van der Waals surface area contributed by atoms with Gasteiger partial charge in [0.2, 0.25) is 0 Å². The summed E-state index contributed by atoms with van der Waals surface area (Å²) in [5.41, 5.74) is 10.7. The molecule has 4 rings (SSSR count). The first-order chi connectivity index (χ1) is 14.8. The zero-order valence-corrected chi connectivity index (χ0v) is 19.3. The number of imidazole rings is 1. The smallest absolute Gasteiger partial charge is 0.272 e. The van der Waals surface area contributed by atoms with Gasteiger partial charge >= 0.3 is 0 Å². The fourth-order valence-corrected chi connectivity index (χ4v) is 4.16. The van der Waals surface area contributed by atoms with Crippen molar-refractivity contribution >= 4 is 50.2 Å². The molecule has 0 saturated carbocycles. The summed E-state index contributed by atoms with van der Waals surface area (Å²) >= 11 is 9.46. The molecule has 0 unspecified atom stereocenters. The number of H-pyrrole nitrogens is 1. The molecule has 0 spiro atoms. The molecule has 0 aliphatic rings. The fourth-order valence-electron chi connectivity index (χ4n) is 3.50. The number of anilines is 1. The average molecular weight is 500 g/mol. The summed E-state index contributed by atoms with van der Waals surface area (Å²) in [5, 5.41) is 4.45. The van der Waals surface area contributed by atoms with E-state index in [2.05, 4.69) is 41.2 Å². The number of hydrogen-bond acceptors (Lipinski definition) is 5. The van der Waals surface area contributed by atoms with Crippen molar-refractivity contribution in [2.45, 2.75) is 26.8 Å². The van der Waals surface area contributed by atoms with Gasteiger partial charge < -0.3 is 16.0 Å².